The van der Waals surface area contributed by atoms with Gasteiger partial charge >= 0.3 is 18.1 Å². The number of hydrogen-bond acceptors (Lipinski definition) is 11. The first kappa shape index (κ1) is 38.7. The van der Waals surface area contributed by atoms with Crippen LogP contribution < -0.4 is 15.4 Å². The Bertz CT molecular complexity index is 2530. The summed E-state index contributed by atoms with van der Waals surface area (Å²) in [6, 6.07) is 5.27. The zero-order chi connectivity index (χ0) is 40.8. The van der Waals surface area contributed by atoms with Gasteiger partial charge in [0, 0.05) is 59.9 Å². The molecule has 5 atom stereocenters. The molecule has 304 valence electrons. The van der Waals surface area contributed by atoms with E-state index in [4.69, 9.17) is 27.1 Å². The topological polar surface area (TPSA) is 142 Å². The van der Waals surface area contributed by atoms with Gasteiger partial charge in [-0.2, -0.15) is 29.3 Å². The minimum atomic E-state index is -0.992. The van der Waals surface area contributed by atoms with Crippen LogP contribution >= 0.6 is 22.9 Å². The summed E-state index contributed by atoms with van der Waals surface area (Å²) in [6.07, 6.45) is 3.41. The lowest BCUT2D eigenvalue weighted by Crippen LogP contribution is -2.71. The molecule has 3 aromatic heterocycles. The number of halogens is 5. The number of amides is 1. The van der Waals surface area contributed by atoms with Gasteiger partial charge in [-0.05, 0) is 62.8 Å². The third-order valence-corrected chi connectivity index (χ3v) is 14.2. The Balaban J connectivity index is 1.18. The van der Waals surface area contributed by atoms with E-state index in [2.05, 4.69) is 31.8 Å². The number of anilines is 2. The Labute approximate surface area is 340 Å². The predicted octanol–water partition coefficient (Wildman–Crippen LogP) is 7.96. The fourth-order valence-electron chi connectivity index (χ4n) is 10.4. The number of thiophene rings is 1. The molecule has 4 aliphatic heterocycles. The van der Waals surface area contributed by atoms with Crippen molar-refractivity contribution in [1.82, 2.24) is 34.5 Å². The second-order valence-corrected chi connectivity index (χ2v) is 18.1. The van der Waals surface area contributed by atoms with E-state index in [0.29, 0.717) is 37.3 Å². The summed E-state index contributed by atoms with van der Waals surface area (Å²) in [5.41, 5.74) is 5.19. The van der Waals surface area contributed by atoms with Crippen LogP contribution in [0, 0.1) is 40.4 Å². The zero-order valence-electron chi connectivity index (χ0n) is 32.1. The van der Waals surface area contributed by atoms with Crippen molar-refractivity contribution in [3.05, 3.63) is 52.8 Å². The molecule has 18 heteroatoms. The molecule has 0 radical (unpaired) electrons. The van der Waals surface area contributed by atoms with Crippen molar-refractivity contribution in [2.75, 3.05) is 43.4 Å². The summed E-state index contributed by atoms with van der Waals surface area (Å²) in [7, 11) is 0. The van der Waals surface area contributed by atoms with Gasteiger partial charge in [-0.15, -0.1) is 16.4 Å². The van der Waals surface area contributed by atoms with Crippen LogP contribution in [0.25, 0.3) is 32.1 Å². The van der Waals surface area contributed by atoms with E-state index in [1.807, 2.05) is 19.9 Å². The van der Waals surface area contributed by atoms with Crippen LogP contribution in [0.5, 0.6) is 6.01 Å². The third-order valence-electron chi connectivity index (χ3n) is 12.8. The molecule has 12 nitrogen and oxygen atoms in total. The highest BCUT2D eigenvalue weighted by atomic mass is 35.5. The molecule has 2 N–H and O–H groups in total. The fourth-order valence-corrected chi connectivity index (χ4v) is 11.7. The number of rotatable bonds is 6. The van der Waals surface area contributed by atoms with Crippen LogP contribution in [0.15, 0.2) is 24.5 Å². The van der Waals surface area contributed by atoms with Gasteiger partial charge in [-0.25, -0.2) is 18.0 Å². The number of likely N-dealkylation sites (tertiary alicyclic amines) is 1. The Morgan fingerprint density at radius 3 is 2.74 bits per heavy atom. The Kier molecular flexibility index (Phi) is 9.48. The summed E-state index contributed by atoms with van der Waals surface area (Å²) in [5, 5.41) is 14.2. The standard InChI is InChI=1S/C40H41ClF4N10O2S/c1-20(2)33-39(17-54(33)38(56)55-19-48-36(45)51-55)9-4-6-21(3)53(16-39)35-24-12-26(41)29(23-7-8-27(43)32-28(23)25(14-46)34(47)58-32)30(44)31(24)49-37(50-35)57-18-40-10-5-11-52(40)15-22(42)13-40/h7-8,12,19-22,33H,4-6,9-11,13,15-18,47H2,1-3H3/t21-,22+,33+,39+,40-/m0/s1. The molecule has 0 bridgehead atoms. The molecule has 2 aromatic carbocycles. The molecule has 58 heavy (non-hydrogen) atoms. The molecule has 9 rings (SSSR count). The number of nitriles is 1. The summed E-state index contributed by atoms with van der Waals surface area (Å²) in [4.78, 5) is 32.7. The summed E-state index contributed by atoms with van der Waals surface area (Å²) in [5.74, 6) is -1.04. The lowest BCUT2D eigenvalue weighted by Gasteiger charge is -2.60. The van der Waals surface area contributed by atoms with Crippen molar-refractivity contribution < 1.29 is 27.1 Å². The maximum absolute atomic E-state index is 17.5. The number of aromatic nitrogens is 5. The number of nitrogens with zero attached hydrogens (tertiary/aromatic N) is 9. The molecule has 0 saturated carbocycles. The molecule has 1 spiro atoms. The number of nitrogens with two attached hydrogens (primary N) is 1. The largest absolute Gasteiger partial charge is 0.461 e. The lowest BCUT2D eigenvalue weighted by atomic mass is 9.64. The van der Waals surface area contributed by atoms with E-state index < -0.39 is 40.9 Å². The van der Waals surface area contributed by atoms with Crippen LogP contribution in [0.3, 0.4) is 0 Å². The number of fused-ring (bicyclic) bond motifs is 3. The van der Waals surface area contributed by atoms with E-state index in [0.717, 1.165) is 61.0 Å². The Morgan fingerprint density at radius 2 is 2.00 bits per heavy atom. The molecule has 7 heterocycles. The van der Waals surface area contributed by atoms with Gasteiger partial charge in [0.05, 0.1) is 20.8 Å². The number of nitrogen functional groups attached to an aromatic ring is 1. The van der Waals surface area contributed by atoms with Crippen LogP contribution in [0.1, 0.15) is 64.9 Å². The van der Waals surface area contributed by atoms with E-state index in [1.54, 1.807) is 11.0 Å². The summed E-state index contributed by atoms with van der Waals surface area (Å²) in [6.45, 7) is 8.12. The lowest BCUT2D eigenvalue weighted by molar-refractivity contribution is -0.0651. The Hall–Kier alpha value is -4.79. The van der Waals surface area contributed by atoms with Crippen molar-refractivity contribution in [2.45, 2.75) is 83.1 Å². The van der Waals surface area contributed by atoms with Gasteiger partial charge in [0.1, 0.15) is 47.3 Å². The molecular formula is C40H41ClF4N10O2S. The average molecular weight is 837 g/mol. The Morgan fingerprint density at radius 1 is 1.19 bits per heavy atom. The van der Waals surface area contributed by atoms with Gasteiger partial charge < -0.3 is 20.3 Å². The first-order valence-corrected chi connectivity index (χ1v) is 20.7. The van der Waals surface area contributed by atoms with E-state index in [-0.39, 0.29) is 72.9 Å². The van der Waals surface area contributed by atoms with Crippen molar-refractivity contribution in [3.8, 4) is 23.2 Å². The van der Waals surface area contributed by atoms with Crippen LogP contribution in [-0.2, 0) is 0 Å². The molecule has 0 unspecified atom stereocenters. The SMILES string of the molecule is CC(C)[C@H]1N(C(=O)n2cnc(F)n2)C[C@]12CCC[C@H](C)N(c1nc(OC[C@@]34CCCN3C[C@H](F)C4)nc3c(F)c(-c4ccc(F)c5sc(N)c(C#N)c45)c(Cl)cc13)C2. The maximum Gasteiger partial charge on any atom is 0.346 e. The molecule has 1 amide bonds. The van der Waals surface area contributed by atoms with Crippen LogP contribution in [0.2, 0.25) is 5.02 Å². The number of carbonyl (C=O) groups is 1. The monoisotopic (exact) mass is 836 g/mol. The number of ether oxygens (including phenoxy) is 1. The molecule has 0 aliphatic carbocycles. The number of carbonyl (C=O) groups excluding carboxylic acids is 1. The fraction of sp³-hybridized carbons (Fsp3) is 0.500. The average Bonchev–Trinajstić information content (AvgIpc) is 3.91. The van der Waals surface area contributed by atoms with Crippen LogP contribution in [0.4, 0.5) is 33.2 Å². The van der Waals surface area contributed by atoms with Gasteiger partial charge in [0.15, 0.2) is 5.82 Å². The molecule has 5 aromatic rings. The summed E-state index contributed by atoms with van der Waals surface area (Å²) < 4.78 is 68.6. The van der Waals surface area contributed by atoms with Crippen molar-refractivity contribution in [1.29, 1.82) is 5.26 Å². The zero-order valence-corrected chi connectivity index (χ0v) is 33.7. The van der Waals surface area contributed by atoms with Gasteiger partial charge in [0.25, 0.3) is 0 Å². The summed E-state index contributed by atoms with van der Waals surface area (Å²) >= 11 is 7.92. The minimum Gasteiger partial charge on any atom is -0.461 e. The van der Waals surface area contributed by atoms with Gasteiger partial charge in [0.2, 0.25) is 0 Å². The number of alkyl halides is 1. The molecule has 4 fully saturated rings. The van der Waals surface area contributed by atoms with Crippen molar-refractivity contribution in [2.24, 2.45) is 11.3 Å². The first-order valence-electron chi connectivity index (χ1n) is 19.5. The van der Waals surface area contributed by atoms with E-state index in [1.165, 1.54) is 12.1 Å². The van der Waals surface area contributed by atoms with Crippen LogP contribution in [-0.4, -0.2) is 97.1 Å². The van der Waals surface area contributed by atoms with E-state index in [9.17, 15) is 18.8 Å². The van der Waals surface area contributed by atoms with Gasteiger partial charge in [-0.1, -0.05) is 37.9 Å². The smallest absolute Gasteiger partial charge is 0.346 e. The molecule has 4 saturated heterocycles. The number of hydrogen-bond donors (Lipinski definition) is 1. The second kappa shape index (κ2) is 14.2. The normalized spacial score (nSPS) is 26.1. The first-order chi connectivity index (χ1) is 27.7. The molecule has 4 aliphatic rings. The van der Waals surface area contributed by atoms with Gasteiger partial charge in [-0.3, -0.25) is 4.90 Å². The van der Waals surface area contributed by atoms with E-state index >= 15 is 8.78 Å². The highest BCUT2D eigenvalue weighted by molar-refractivity contribution is 7.23. The van der Waals surface area contributed by atoms with Crippen molar-refractivity contribution in [3.63, 3.8) is 0 Å². The maximum atomic E-state index is 17.5. The highest BCUT2D eigenvalue weighted by Gasteiger charge is 2.57. The highest BCUT2D eigenvalue weighted by Crippen LogP contribution is 2.51. The number of benzene rings is 2. The third kappa shape index (κ3) is 6.04. The minimum absolute atomic E-state index is 0.00755. The second-order valence-electron chi connectivity index (χ2n) is 16.7. The van der Waals surface area contributed by atoms with Crippen molar-refractivity contribution >= 4 is 60.8 Å². The quantitative estimate of drug-likeness (QED) is 0.168. The predicted molar refractivity (Wildman–Crippen MR) is 212 cm³/mol. The molecular weight excluding hydrogens is 796 g/mol.